The van der Waals surface area contributed by atoms with Crippen LogP contribution in [0.4, 0.5) is 0 Å². The summed E-state index contributed by atoms with van der Waals surface area (Å²) >= 11 is 0. The molecule has 6 heteroatoms. The highest BCUT2D eigenvalue weighted by Crippen LogP contribution is 2.26. The van der Waals surface area contributed by atoms with Crippen LogP contribution >= 0.6 is 0 Å². The van der Waals surface area contributed by atoms with Crippen LogP contribution in [0, 0.1) is 6.92 Å². The molecule has 0 saturated carbocycles. The third kappa shape index (κ3) is 3.04. The molecule has 0 fully saturated rings. The maximum absolute atomic E-state index is 12.7. The topological polar surface area (TPSA) is 84.2 Å². The molecule has 0 aliphatic heterocycles. The van der Waals surface area contributed by atoms with Gasteiger partial charge in [0, 0.05) is 11.7 Å². The van der Waals surface area contributed by atoms with Gasteiger partial charge >= 0.3 is 5.97 Å². The molecule has 0 spiro atoms. The number of rotatable bonds is 6. The number of amides is 1. The maximum atomic E-state index is 12.7. The van der Waals surface area contributed by atoms with Crippen molar-refractivity contribution >= 4 is 11.9 Å². The fraction of sp³-hybridized carbons (Fsp3) is 0.389. The summed E-state index contributed by atoms with van der Waals surface area (Å²) in [6, 6.07) is 8.87. The van der Waals surface area contributed by atoms with Crippen LogP contribution in [0.1, 0.15) is 54.8 Å². The smallest absolute Gasteiger partial charge is 0.334 e. The van der Waals surface area contributed by atoms with E-state index in [2.05, 4.69) is 10.4 Å². The molecule has 1 aromatic carbocycles. The van der Waals surface area contributed by atoms with Gasteiger partial charge in [0.2, 0.25) is 0 Å². The zero-order valence-corrected chi connectivity index (χ0v) is 14.4. The number of hydrogen-bond acceptors (Lipinski definition) is 3. The quantitative estimate of drug-likeness (QED) is 0.853. The molecule has 1 aromatic heterocycles. The minimum atomic E-state index is -1.47. The highest BCUT2D eigenvalue weighted by molar-refractivity contribution is 5.98. The van der Waals surface area contributed by atoms with Gasteiger partial charge in [0.1, 0.15) is 0 Å². The molecular formula is C18H23N3O3. The average molecular weight is 329 g/mol. The van der Waals surface area contributed by atoms with Crippen LogP contribution < -0.4 is 5.32 Å². The van der Waals surface area contributed by atoms with E-state index in [1.165, 1.54) is 6.20 Å². The second-order valence-corrected chi connectivity index (χ2v) is 6.07. The molecule has 0 radical (unpaired) electrons. The lowest BCUT2D eigenvalue weighted by Gasteiger charge is -2.30. The van der Waals surface area contributed by atoms with Gasteiger partial charge in [-0.25, -0.2) is 4.79 Å². The normalized spacial score (nSPS) is 13.5. The Balaban J connectivity index is 2.41. The largest absolute Gasteiger partial charge is 0.479 e. The minimum absolute atomic E-state index is 0.121. The van der Waals surface area contributed by atoms with E-state index in [1.54, 1.807) is 42.8 Å². The van der Waals surface area contributed by atoms with Crippen LogP contribution in [-0.4, -0.2) is 26.8 Å². The van der Waals surface area contributed by atoms with Crippen LogP contribution in [0.25, 0.3) is 0 Å². The number of benzene rings is 1. The first-order valence-electron chi connectivity index (χ1n) is 7.99. The van der Waals surface area contributed by atoms with E-state index in [0.717, 1.165) is 0 Å². The lowest BCUT2D eigenvalue weighted by atomic mass is 9.87. The van der Waals surface area contributed by atoms with Crippen LogP contribution in [-0.2, 0) is 10.3 Å². The summed E-state index contributed by atoms with van der Waals surface area (Å²) in [6.45, 7) is 7.49. The Morgan fingerprint density at radius 1 is 1.29 bits per heavy atom. The first-order chi connectivity index (χ1) is 11.3. The number of aliphatic carboxylic acids is 1. The molecule has 128 valence electrons. The van der Waals surface area contributed by atoms with Crippen LogP contribution in [0.2, 0.25) is 0 Å². The molecule has 0 bridgehead atoms. The first-order valence-corrected chi connectivity index (χ1v) is 7.99. The van der Waals surface area contributed by atoms with Crippen molar-refractivity contribution in [2.45, 2.75) is 45.7 Å². The highest BCUT2D eigenvalue weighted by atomic mass is 16.4. The Bertz CT molecular complexity index is 737. The summed E-state index contributed by atoms with van der Waals surface area (Å²) in [6.07, 6.45) is 1.72. The predicted octanol–water partition coefficient (Wildman–Crippen LogP) is 2.89. The zero-order valence-electron chi connectivity index (χ0n) is 14.4. The molecule has 0 unspecified atom stereocenters. The fourth-order valence-corrected chi connectivity index (χ4v) is 2.84. The Kier molecular flexibility index (Phi) is 5.07. The molecule has 2 rings (SSSR count). The summed E-state index contributed by atoms with van der Waals surface area (Å²) in [7, 11) is 0. The van der Waals surface area contributed by atoms with E-state index in [0.29, 0.717) is 16.8 Å². The number of carbonyl (C=O) groups excluding carboxylic acids is 1. The summed E-state index contributed by atoms with van der Waals surface area (Å²) in [5, 5.41) is 16.7. The number of carboxylic acids is 1. The van der Waals surface area contributed by atoms with Crippen molar-refractivity contribution in [1.82, 2.24) is 15.1 Å². The number of aromatic nitrogens is 2. The molecule has 0 aliphatic carbocycles. The van der Waals surface area contributed by atoms with Crippen molar-refractivity contribution in [3.63, 3.8) is 0 Å². The van der Waals surface area contributed by atoms with E-state index < -0.39 is 17.4 Å². The Labute approximate surface area is 141 Å². The van der Waals surface area contributed by atoms with Crippen molar-refractivity contribution in [2.24, 2.45) is 0 Å². The zero-order chi connectivity index (χ0) is 17.9. The predicted molar refractivity (Wildman–Crippen MR) is 90.9 cm³/mol. The van der Waals surface area contributed by atoms with Gasteiger partial charge in [-0.3, -0.25) is 9.48 Å². The van der Waals surface area contributed by atoms with Crippen LogP contribution in [0.15, 0.2) is 36.5 Å². The molecular weight excluding hydrogens is 306 g/mol. The van der Waals surface area contributed by atoms with E-state index in [4.69, 9.17) is 0 Å². The van der Waals surface area contributed by atoms with Gasteiger partial charge < -0.3 is 10.4 Å². The van der Waals surface area contributed by atoms with Crippen molar-refractivity contribution < 1.29 is 14.7 Å². The molecule has 1 atom stereocenters. The van der Waals surface area contributed by atoms with Crippen LogP contribution in [0.3, 0.4) is 0 Å². The fourth-order valence-electron chi connectivity index (χ4n) is 2.84. The second-order valence-electron chi connectivity index (χ2n) is 6.07. The Morgan fingerprint density at radius 3 is 2.38 bits per heavy atom. The standard InChI is InChI=1S/C18H23N3O3/c1-5-18(17(23)24,14-9-7-6-8-10-14)20-16(22)15-11-19-21(12(2)3)13(15)4/h6-12H,5H2,1-4H3,(H,20,22)(H,23,24)/t18-/m1/s1. The number of carboxylic acid groups (broad SMARTS) is 1. The van der Waals surface area contributed by atoms with E-state index in [9.17, 15) is 14.7 Å². The van der Waals surface area contributed by atoms with Gasteiger partial charge in [0.05, 0.1) is 11.8 Å². The summed E-state index contributed by atoms with van der Waals surface area (Å²) in [5.74, 6) is -1.52. The van der Waals surface area contributed by atoms with Gasteiger partial charge in [-0.05, 0) is 32.8 Å². The third-order valence-corrected chi connectivity index (χ3v) is 4.27. The minimum Gasteiger partial charge on any atom is -0.479 e. The monoisotopic (exact) mass is 329 g/mol. The summed E-state index contributed by atoms with van der Waals surface area (Å²) < 4.78 is 1.74. The Hall–Kier alpha value is -2.63. The van der Waals surface area contributed by atoms with Crippen LogP contribution in [0.5, 0.6) is 0 Å². The van der Waals surface area contributed by atoms with Crippen molar-refractivity contribution in [3.8, 4) is 0 Å². The molecule has 1 amide bonds. The highest BCUT2D eigenvalue weighted by Gasteiger charge is 2.40. The number of nitrogens with zero attached hydrogens (tertiary/aromatic N) is 2. The average Bonchev–Trinajstić information content (AvgIpc) is 2.95. The first kappa shape index (κ1) is 17.7. The lowest BCUT2D eigenvalue weighted by molar-refractivity contribution is -0.145. The Morgan fingerprint density at radius 2 is 1.92 bits per heavy atom. The molecule has 1 heterocycles. The molecule has 0 saturated heterocycles. The summed E-state index contributed by atoms with van der Waals surface area (Å²) in [5.41, 5.74) is 0.178. The summed E-state index contributed by atoms with van der Waals surface area (Å²) in [4.78, 5) is 24.7. The van der Waals surface area contributed by atoms with Crippen molar-refractivity contribution in [2.75, 3.05) is 0 Å². The maximum Gasteiger partial charge on any atom is 0.334 e. The lowest BCUT2D eigenvalue weighted by Crippen LogP contribution is -2.51. The van der Waals surface area contributed by atoms with E-state index in [-0.39, 0.29) is 12.5 Å². The van der Waals surface area contributed by atoms with Gasteiger partial charge in [0.15, 0.2) is 5.54 Å². The number of carbonyl (C=O) groups is 2. The van der Waals surface area contributed by atoms with Crippen molar-refractivity contribution in [3.05, 3.63) is 53.3 Å². The molecule has 2 aromatic rings. The number of hydrogen-bond donors (Lipinski definition) is 2. The SMILES string of the molecule is CC[C@](NC(=O)c1cnn(C(C)C)c1C)(C(=O)O)c1ccccc1. The van der Waals surface area contributed by atoms with Gasteiger partial charge in [-0.2, -0.15) is 5.10 Å². The molecule has 2 N–H and O–H groups in total. The molecule has 6 nitrogen and oxygen atoms in total. The van der Waals surface area contributed by atoms with Gasteiger partial charge in [0.25, 0.3) is 5.91 Å². The third-order valence-electron chi connectivity index (χ3n) is 4.27. The van der Waals surface area contributed by atoms with Gasteiger partial charge in [-0.1, -0.05) is 37.3 Å². The van der Waals surface area contributed by atoms with E-state index in [1.807, 2.05) is 19.9 Å². The number of nitrogens with one attached hydrogen (secondary N) is 1. The van der Waals surface area contributed by atoms with E-state index >= 15 is 0 Å². The molecule has 24 heavy (non-hydrogen) atoms. The second kappa shape index (κ2) is 6.86. The van der Waals surface area contributed by atoms with Crippen molar-refractivity contribution in [1.29, 1.82) is 0 Å². The van der Waals surface area contributed by atoms with Gasteiger partial charge in [-0.15, -0.1) is 0 Å². The molecule has 0 aliphatic rings.